The molecule has 2 aromatic rings. The maximum absolute atomic E-state index is 13.0. The Morgan fingerprint density at radius 1 is 1.37 bits per heavy atom. The van der Waals surface area contributed by atoms with E-state index in [1.807, 2.05) is 13.8 Å². The topological polar surface area (TPSA) is 76.1 Å². The highest BCUT2D eigenvalue weighted by atomic mass is 32.2. The fourth-order valence-corrected chi connectivity index (χ4v) is 4.62. The number of amides is 1. The van der Waals surface area contributed by atoms with Crippen LogP contribution < -0.4 is 10.6 Å². The summed E-state index contributed by atoms with van der Waals surface area (Å²) in [5, 5.41) is 14.9. The highest BCUT2D eigenvalue weighted by Crippen LogP contribution is 2.29. The van der Waals surface area contributed by atoms with Gasteiger partial charge >= 0.3 is 0 Å². The first-order valence-corrected chi connectivity index (χ1v) is 10.6. The van der Waals surface area contributed by atoms with Gasteiger partial charge in [0.1, 0.15) is 5.82 Å². The van der Waals surface area contributed by atoms with Crippen LogP contribution in [0.3, 0.4) is 0 Å². The molecule has 1 aromatic heterocycles. The van der Waals surface area contributed by atoms with Crippen LogP contribution in [-0.2, 0) is 9.53 Å². The molecule has 3 atom stereocenters. The summed E-state index contributed by atoms with van der Waals surface area (Å²) in [6.45, 7) is 5.26. The number of halogens is 1. The Labute approximate surface area is 166 Å². The Morgan fingerprint density at radius 2 is 2.15 bits per heavy atom. The molecule has 1 aromatic carbocycles. The molecule has 0 bridgehead atoms. The van der Waals surface area contributed by atoms with Crippen molar-refractivity contribution < 1.29 is 13.9 Å². The second-order valence-electron chi connectivity index (χ2n) is 6.43. The summed E-state index contributed by atoms with van der Waals surface area (Å²) < 4.78 is 19.3. The van der Waals surface area contributed by atoms with Crippen LogP contribution >= 0.6 is 23.1 Å². The highest BCUT2D eigenvalue weighted by Gasteiger charge is 2.20. The van der Waals surface area contributed by atoms with Gasteiger partial charge in [-0.1, -0.05) is 35.2 Å². The lowest BCUT2D eigenvalue weighted by atomic mass is 10.1. The minimum absolute atomic E-state index is 0.0964. The van der Waals surface area contributed by atoms with Gasteiger partial charge in [-0.05, 0) is 44.4 Å². The zero-order chi connectivity index (χ0) is 19.2. The van der Waals surface area contributed by atoms with Gasteiger partial charge in [-0.3, -0.25) is 4.79 Å². The van der Waals surface area contributed by atoms with E-state index in [0.717, 1.165) is 41.0 Å². The van der Waals surface area contributed by atoms with Crippen LogP contribution in [0.2, 0.25) is 0 Å². The number of carbonyl (C=O) groups is 1. The Kier molecular flexibility index (Phi) is 7.03. The molecule has 0 saturated carbocycles. The summed E-state index contributed by atoms with van der Waals surface area (Å²) in [7, 11) is 0. The second-order valence-corrected chi connectivity index (χ2v) is 9.00. The fraction of sp³-hybridized carbons (Fsp3) is 0.500. The first-order valence-electron chi connectivity index (χ1n) is 8.92. The van der Waals surface area contributed by atoms with E-state index in [1.165, 1.54) is 35.2 Å². The molecule has 0 spiro atoms. The zero-order valence-corrected chi connectivity index (χ0v) is 16.9. The summed E-state index contributed by atoms with van der Waals surface area (Å²) >= 11 is 2.80. The third-order valence-corrected chi connectivity index (χ3v) is 6.35. The minimum atomic E-state index is -0.313. The molecule has 2 heterocycles. The van der Waals surface area contributed by atoms with Crippen LogP contribution in [0.5, 0.6) is 0 Å². The van der Waals surface area contributed by atoms with Crippen molar-refractivity contribution in [2.45, 2.75) is 48.4 Å². The van der Waals surface area contributed by atoms with Crippen molar-refractivity contribution in [3.8, 4) is 0 Å². The van der Waals surface area contributed by atoms with E-state index in [1.54, 1.807) is 12.1 Å². The van der Waals surface area contributed by atoms with Gasteiger partial charge < -0.3 is 15.4 Å². The molecule has 1 amide bonds. The summed E-state index contributed by atoms with van der Waals surface area (Å²) in [5.41, 5.74) is 0.860. The van der Waals surface area contributed by atoms with Gasteiger partial charge in [0.05, 0.1) is 17.4 Å². The van der Waals surface area contributed by atoms with Crippen molar-refractivity contribution in [1.29, 1.82) is 0 Å². The van der Waals surface area contributed by atoms with Crippen molar-refractivity contribution in [2.24, 2.45) is 0 Å². The smallest absolute Gasteiger partial charge is 0.233 e. The number of ether oxygens (including phenoxy) is 1. The largest absolute Gasteiger partial charge is 0.376 e. The second kappa shape index (κ2) is 9.48. The quantitative estimate of drug-likeness (QED) is 0.648. The molecule has 1 aliphatic rings. The third kappa shape index (κ3) is 5.88. The van der Waals surface area contributed by atoms with E-state index in [2.05, 4.69) is 20.8 Å². The van der Waals surface area contributed by atoms with Crippen molar-refractivity contribution in [3.05, 3.63) is 35.6 Å². The number of hydrogen-bond donors (Lipinski definition) is 2. The average molecular weight is 411 g/mol. The van der Waals surface area contributed by atoms with Gasteiger partial charge in [0, 0.05) is 13.2 Å². The average Bonchev–Trinajstić information content (AvgIpc) is 3.32. The molecular formula is C18H23FN4O2S2. The van der Waals surface area contributed by atoms with Crippen molar-refractivity contribution >= 4 is 34.1 Å². The molecule has 0 radical (unpaired) electrons. The number of anilines is 1. The molecule has 146 valence electrons. The molecule has 1 aliphatic heterocycles. The first-order chi connectivity index (χ1) is 13.0. The molecular weight excluding hydrogens is 387 g/mol. The molecule has 9 heteroatoms. The predicted molar refractivity (Wildman–Crippen MR) is 106 cm³/mol. The standard InChI is InChI=1S/C18H23FN4O2S2/c1-11(13-5-7-14(19)8-6-13)21-16(24)12(2)26-18-23-22-17(27-18)20-10-15-4-3-9-25-15/h5-8,11-12,15H,3-4,9-10H2,1-2H3,(H,20,22)(H,21,24)/t11-,12-,15-/m0/s1. The number of nitrogens with one attached hydrogen (secondary N) is 2. The lowest BCUT2D eigenvalue weighted by Crippen LogP contribution is -2.33. The molecule has 0 aliphatic carbocycles. The van der Waals surface area contributed by atoms with E-state index < -0.39 is 0 Å². The van der Waals surface area contributed by atoms with Crippen molar-refractivity contribution in [3.63, 3.8) is 0 Å². The first kappa shape index (κ1) is 20.0. The normalized spacial score (nSPS) is 18.9. The van der Waals surface area contributed by atoms with Crippen LogP contribution in [0.1, 0.15) is 38.3 Å². The Balaban J connectivity index is 1.46. The summed E-state index contributed by atoms with van der Waals surface area (Å²) in [6.07, 6.45) is 2.41. The molecule has 1 saturated heterocycles. The third-order valence-electron chi connectivity index (χ3n) is 4.29. The van der Waals surface area contributed by atoms with Gasteiger partial charge in [0.2, 0.25) is 11.0 Å². The maximum atomic E-state index is 13.0. The molecule has 3 rings (SSSR count). The summed E-state index contributed by atoms with van der Waals surface area (Å²) in [4.78, 5) is 12.4. The zero-order valence-electron chi connectivity index (χ0n) is 15.3. The predicted octanol–water partition coefficient (Wildman–Crippen LogP) is 3.63. The number of thioether (sulfide) groups is 1. The maximum Gasteiger partial charge on any atom is 0.233 e. The number of nitrogens with zero attached hydrogens (tertiary/aromatic N) is 2. The molecule has 2 N–H and O–H groups in total. The van der Waals surface area contributed by atoms with Crippen LogP contribution in [0, 0.1) is 5.82 Å². The fourth-order valence-electron chi connectivity index (χ4n) is 2.71. The number of benzene rings is 1. The SMILES string of the molecule is C[C@H](Sc1nnc(NC[C@@H]2CCCO2)s1)C(=O)N[C@@H](C)c1ccc(F)cc1. The number of carbonyl (C=O) groups excluding carboxylic acids is 1. The Morgan fingerprint density at radius 3 is 2.85 bits per heavy atom. The molecule has 27 heavy (non-hydrogen) atoms. The summed E-state index contributed by atoms with van der Waals surface area (Å²) in [5.74, 6) is -0.387. The molecule has 6 nitrogen and oxygen atoms in total. The van der Waals surface area contributed by atoms with E-state index in [4.69, 9.17) is 4.74 Å². The summed E-state index contributed by atoms with van der Waals surface area (Å²) in [6, 6.07) is 5.94. The van der Waals surface area contributed by atoms with E-state index >= 15 is 0 Å². The molecule has 1 fully saturated rings. The highest BCUT2D eigenvalue weighted by molar-refractivity contribution is 8.02. The van der Waals surface area contributed by atoms with Crippen LogP contribution in [0.15, 0.2) is 28.6 Å². The molecule has 0 unspecified atom stereocenters. The lowest BCUT2D eigenvalue weighted by Gasteiger charge is -2.17. The van der Waals surface area contributed by atoms with Gasteiger partial charge in [0.25, 0.3) is 0 Å². The van der Waals surface area contributed by atoms with E-state index in [-0.39, 0.29) is 29.1 Å². The lowest BCUT2D eigenvalue weighted by molar-refractivity contribution is -0.120. The monoisotopic (exact) mass is 410 g/mol. The van der Waals surface area contributed by atoms with Gasteiger partial charge in [-0.15, -0.1) is 10.2 Å². The van der Waals surface area contributed by atoms with Crippen LogP contribution in [-0.4, -0.2) is 40.6 Å². The van der Waals surface area contributed by atoms with Gasteiger partial charge in [-0.25, -0.2) is 4.39 Å². The van der Waals surface area contributed by atoms with E-state index in [0.29, 0.717) is 0 Å². The number of rotatable bonds is 8. The van der Waals surface area contributed by atoms with Crippen molar-refractivity contribution in [2.75, 3.05) is 18.5 Å². The number of hydrogen-bond acceptors (Lipinski definition) is 7. The van der Waals surface area contributed by atoms with Crippen LogP contribution in [0.4, 0.5) is 9.52 Å². The Hall–Kier alpha value is -1.71. The van der Waals surface area contributed by atoms with Crippen molar-refractivity contribution in [1.82, 2.24) is 15.5 Å². The van der Waals surface area contributed by atoms with Gasteiger partial charge in [-0.2, -0.15) is 0 Å². The number of aromatic nitrogens is 2. The Bertz CT molecular complexity index is 750. The van der Waals surface area contributed by atoms with Gasteiger partial charge in [0.15, 0.2) is 4.34 Å². The minimum Gasteiger partial charge on any atom is -0.376 e. The van der Waals surface area contributed by atoms with Crippen LogP contribution in [0.25, 0.3) is 0 Å². The van der Waals surface area contributed by atoms with E-state index in [9.17, 15) is 9.18 Å².